The van der Waals surface area contributed by atoms with Gasteiger partial charge < -0.3 is 10.1 Å². The smallest absolute Gasteiger partial charge is 0.265 e. The number of carbonyl (C=O) groups is 1. The summed E-state index contributed by atoms with van der Waals surface area (Å²) >= 11 is 0. The number of para-hydroxylation sites is 2. The summed E-state index contributed by atoms with van der Waals surface area (Å²) < 4.78 is 6.81. The van der Waals surface area contributed by atoms with Crippen LogP contribution in [0, 0.1) is 0 Å². The van der Waals surface area contributed by atoms with Crippen LogP contribution in [0.4, 0.5) is 5.69 Å². The number of fused-ring (bicyclic) bond motifs is 1. The van der Waals surface area contributed by atoms with Crippen LogP contribution in [-0.4, -0.2) is 22.6 Å². The number of benzene rings is 2. The van der Waals surface area contributed by atoms with Crippen LogP contribution in [0.3, 0.4) is 0 Å². The lowest BCUT2D eigenvalue weighted by molar-refractivity contribution is 0.102. The van der Waals surface area contributed by atoms with Crippen molar-refractivity contribution in [2.24, 2.45) is 0 Å². The van der Waals surface area contributed by atoms with Crippen LogP contribution in [0.5, 0.6) is 5.75 Å². The highest BCUT2D eigenvalue weighted by Gasteiger charge is 2.18. The lowest BCUT2D eigenvalue weighted by atomic mass is 10.1. The molecule has 4 aromatic rings. The molecule has 1 N–H and O–H groups in total. The molecule has 0 aliphatic carbocycles. The van der Waals surface area contributed by atoms with E-state index in [2.05, 4.69) is 10.3 Å². The molecular formula is C23H19N3O3. The zero-order valence-electron chi connectivity index (χ0n) is 15.8. The fourth-order valence-electron chi connectivity index (χ4n) is 3.22. The lowest BCUT2D eigenvalue weighted by Crippen LogP contribution is -2.30. The van der Waals surface area contributed by atoms with Crippen LogP contribution in [0.25, 0.3) is 11.0 Å². The Labute approximate surface area is 167 Å². The van der Waals surface area contributed by atoms with E-state index >= 15 is 0 Å². The Morgan fingerprint density at radius 2 is 1.79 bits per heavy atom. The highest BCUT2D eigenvalue weighted by molar-refractivity contribution is 6.06. The number of ether oxygens (including phenoxy) is 1. The highest BCUT2D eigenvalue weighted by Crippen LogP contribution is 2.23. The van der Waals surface area contributed by atoms with E-state index in [-0.39, 0.29) is 5.56 Å². The van der Waals surface area contributed by atoms with Gasteiger partial charge in [0.25, 0.3) is 11.5 Å². The first-order valence-electron chi connectivity index (χ1n) is 9.14. The van der Waals surface area contributed by atoms with Gasteiger partial charge in [0.15, 0.2) is 0 Å². The Morgan fingerprint density at radius 3 is 2.59 bits per heavy atom. The molecule has 4 rings (SSSR count). The van der Waals surface area contributed by atoms with Gasteiger partial charge in [-0.2, -0.15) is 0 Å². The van der Waals surface area contributed by atoms with Gasteiger partial charge in [0.05, 0.1) is 19.3 Å². The van der Waals surface area contributed by atoms with Crippen LogP contribution in [0.1, 0.15) is 15.9 Å². The highest BCUT2D eigenvalue weighted by atomic mass is 16.5. The normalized spacial score (nSPS) is 10.7. The van der Waals surface area contributed by atoms with E-state index < -0.39 is 11.5 Å². The first kappa shape index (κ1) is 18.4. The maximum atomic E-state index is 13.2. The first-order chi connectivity index (χ1) is 14.2. The van der Waals surface area contributed by atoms with Crippen molar-refractivity contribution in [2.75, 3.05) is 12.4 Å². The second-order valence-corrected chi connectivity index (χ2v) is 6.51. The summed E-state index contributed by atoms with van der Waals surface area (Å²) in [6.07, 6.45) is 1.64. The van der Waals surface area contributed by atoms with E-state index in [1.54, 1.807) is 36.5 Å². The van der Waals surface area contributed by atoms with Crippen LogP contribution in [-0.2, 0) is 6.54 Å². The largest absolute Gasteiger partial charge is 0.495 e. The van der Waals surface area contributed by atoms with Gasteiger partial charge in [-0.3, -0.25) is 14.2 Å². The summed E-state index contributed by atoms with van der Waals surface area (Å²) in [6, 6.07) is 21.9. The molecule has 0 spiro atoms. The van der Waals surface area contributed by atoms with E-state index in [0.717, 1.165) is 5.56 Å². The van der Waals surface area contributed by atoms with E-state index in [4.69, 9.17) is 4.74 Å². The van der Waals surface area contributed by atoms with Crippen molar-refractivity contribution >= 4 is 22.6 Å². The molecular weight excluding hydrogens is 366 g/mol. The van der Waals surface area contributed by atoms with E-state index in [1.807, 2.05) is 42.5 Å². The second kappa shape index (κ2) is 7.98. The molecule has 0 unspecified atom stereocenters. The Kier molecular flexibility index (Phi) is 5.07. The van der Waals surface area contributed by atoms with Crippen LogP contribution >= 0.6 is 0 Å². The molecule has 0 saturated heterocycles. The molecule has 6 heteroatoms. The third kappa shape index (κ3) is 3.73. The number of nitrogens with one attached hydrogen (secondary N) is 1. The van der Waals surface area contributed by atoms with Crippen molar-refractivity contribution in [1.29, 1.82) is 0 Å². The molecule has 0 saturated carbocycles. The minimum Gasteiger partial charge on any atom is -0.495 e. The van der Waals surface area contributed by atoms with Gasteiger partial charge in [-0.05, 0) is 35.9 Å². The molecule has 29 heavy (non-hydrogen) atoms. The van der Waals surface area contributed by atoms with Crippen LogP contribution in [0.15, 0.2) is 83.8 Å². The zero-order chi connectivity index (χ0) is 20.2. The molecule has 0 aliphatic heterocycles. The number of hydrogen-bond donors (Lipinski definition) is 1. The standard InChI is InChI=1S/C23H19N3O3/c1-29-20-12-6-5-11-19(20)25-22(27)18-14-17-10-7-13-24-21(17)26(23(18)28)15-16-8-3-2-4-9-16/h2-14H,15H2,1H3,(H,25,27). The summed E-state index contributed by atoms with van der Waals surface area (Å²) in [4.78, 5) is 30.5. The topological polar surface area (TPSA) is 73.2 Å². The van der Waals surface area contributed by atoms with E-state index in [0.29, 0.717) is 29.0 Å². The Balaban J connectivity index is 1.79. The predicted molar refractivity (Wildman–Crippen MR) is 112 cm³/mol. The fraction of sp³-hybridized carbons (Fsp3) is 0.0870. The molecule has 1 amide bonds. The summed E-state index contributed by atoms with van der Waals surface area (Å²) in [5.74, 6) is 0.0278. The number of nitrogens with zero attached hydrogens (tertiary/aromatic N) is 2. The van der Waals surface area contributed by atoms with Gasteiger partial charge in [0.1, 0.15) is 17.0 Å². The SMILES string of the molecule is COc1ccccc1NC(=O)c1cc2cccnc2n(Cc2ccccc2)c1=O. The molecule has 6 nitrogen and oxygen atoms in total. The van der Waals surface area contributed by atoms with Crippen molar-refractivity contribution in [1.82, 2.24) is 9.55 Å². The third-order valence-electron chi connectivity index (χ3n) is 4.63. The van der Waals surface area contributed by atoms with Gasteiger partial charge in [-0.15, -0.1) is 0 Å². The van der Waals surface area contributed by atoms with Gasteiger partial charge in [0.2, 0.25) is 0 Å². The molecule has 0 fully saturated rings. The van der Waals surface area contributed by atoms with Gasteiger partial charge in [-0.1, -0.05) is 42.5 Å². The maximum Gasteiger partial charge on any atom is 0.265 e. The minimum absolute atomic E-state index is 0.0485. The lowest BCUT2D eigenvalue weighted by Gasteiger charge is -2.13. The van der Waals surface area contributed by atoms with Gasteiger partial charge in [-0.25, -0.2) is 4.98 Å². The molecule has 0 bridgehead atoms. The van der Waals surface area contributed by atoms with Gasteiger partial charge in [0, 0.05) is 11.6 Å². The van der Waals surface area contributed by atoms with Crippen molar-refractivity contribution in [2.45, 2.75) is 6.54 Å². The average molecular weight is 385 g/mol. The number of pyridine rings is 2. The van der Waals surface area contributed by atoms with Crippen molar-refractivity contribution in [3.63, 3.8) is 0 Å². The number of hydrogen-bond acceptors (Lipinski definition) is 4. The monoisotopic (exact) mass is 385 g/mol. The fourth-order valence-corrected chi connectivity index (χ4v) is 3.22. The van der Waals surface area contributed by atoms with Crippen LogP contribution in [0.2, 0.25) is 0 Å². The quantitative estimate of drug-likeness (QED) is 0.568. The number of carbonyl (C=O) groups excluding carboxylic acids is 1. The molecule has 2 aromatic carbocycles. The number of rotatable bonds is 5. The Hall–Kier alpha value is -3.93. The van der Waals surface area contributed by atoms with E-state index in [9.17, 15) is 9.59 Å². The molecule has 0 radical (unpaired) electrons. The summed E-state index contributed by atoms with van der Waals surface area (Å²) in [6.45, 7) is 0.322. The Bertz CT molecular complexity index is 1230. The molecule has 0 atom stereocenters. The van der Waals surface area contributed by atoms with Crippen molar-refractivity contribution < 1.29 is 9.53 Å². The number of amides is 1. The minimum atomic E-state index is -0.493. The zero-order valence-corrected chi connectivity index (χ0v) is 15.8. The van der Waals surface area contributed by atoms with Crippen molar-refractivity contribution in [3.05, 3.63) is 100 Å². The summed E-state index contributed by atoms with van der Waals surface area (Å²) in [7, 11) is 1.53. The molecule has 144 valence electrons. The number of aromatic nitrogens is 2. The first-order valence-corrected chi connectivity index (χ1v) is 9.14. The van der Waals surface area contributed by atoms with E-state index in [1.165, 1.54) is 11.7 Å². The average Bonchev–Trinajstić information content (AvgIpc) is 2.76. The molecule has 2 aromatic heterocycles. The predicted octanol–water partition coefficient (Wildman–Crippen LogP) is 3.71. The van der Waals surface area contributed by atoms with Crippen molar-refractivity contribution in [3.8, 4) is 5.75 Å². The molecule has 2 heterocycles. The van der Waals surface area contributed by atoms with Crippen LogP contribution < -0.4 is 15.6 Å². The van der Waals surface area contributed by atoms with Gasteiger partial charge >= 0.3 is 0 Å². The number of anilines is 1. The molecule has 0 aliphatic rings. The second-order valence-electron chi connectivity index (χ2n) is 6.51. The summed E-state index contributed by atoms with van der Waals surface area (Å²) in [5.41, 5.74) is 1.64. The summed E-state index contributed by atoms with van der Waals surface area (Å²) in [5, 5.41) is 3.49. The Morgan fingerprint density at radius 1 is 1.03 bits per heavy atom. The third-order valence-corrected chi connectivity index (χ3v) is 4.63. The number of methoxy groups -OCH3 is 1. The maximum absolute atomic E-state index is 13.2.